The van der Waals surface area contributed by atoms with E-state index < -0.39 is 0 Å². The number of nitrogens with zero attached hydrogens (tertiary/aromatic N) is 1. The highest BCUT2D eigenvalue weighted by atomic mass is 16.2. The number of likely N-dealkylation sites (tertiary alicyclic amines) is 1. The standard InChI is InChI=1S/C15H21N3O2/c1-10(11-5-3-6-12(16)9-11)15(20)18-8-4-7-13(18)14(19)17-2/h3,5-6,9-10,13H,4,7-8,16H2,1-2H3,(H,17,19). The maximum Gasteiger partial charge on any atom is 0.242 e. The van der Waals surface area contributed by atoms with Crippen molar-refractivity contribution in [3.63, 3.8) is 0 Å². The van der Waals surface area contributed by atoms with Gasteiger partial charge in [-0.05, 0) is 37.5 Å². The van der Waals surface area contributed by atoms with Crippen molar-refractivity contribution in [1.82, 2.24) is 10.2 Å². The maximum absolute atomic E-state index is 12.6. The number of carbonyl (C=O) groups is 2. The van der Waals surface area contributed by atoms with Crippen LogP contribution in [0, 0.1) is 0 Å². The van der Waals surface area contributed by atoms with Gasteiger partial charge in [0.1, 0.15) is 6.04 Å². The molecule has 1 aliphatic rings. The number of amides is 2. The monoisotopic (exact) mass is 275 g/mol. The molecule has 1 fully saturated rings. The van der Waals surface area contributed by atoms with Gasteiger partial charge in [-0.3, -0.25) is 9.59 Å². The molecule has 1 heterocycles. The van der Waals surface area contributed by atoms with Crippen LogP contribution in [0.3, 0.4) is 0 Å². The Labute approximate surface area is 119 Å². The molecule has 2 rings (SSSR count). The molecule has 0 aromatic heterocycles. The summed E-state index contributed by atoms with van der Waals surface area (Å²) in [5.74, 6) is -0.388. The predicted molar refractivity (Wildman–Crippen MR) is 78.1 cm³/mol. The summed E-state index contributed by atoms with van der Waals surface area (Å²) in [6.45, 7) is 2.50. The Morgan fingerprint density at radius 2 is 2.20 bits per heavy atom. The topological polar surface area (TPSA) is 75.4 Å². The number of nitrogen functional groups attached to an aromatic ring is 1. The molecule has 5 heteroatoms. The summed E-state index contributed by atoms with van der Waals surface area (Å²) in [4.78, 5) is 26.1. The zero-order valence-corrected chi connectivity index (χ0v) is 11.9. The summed E-state index contributed by atoms with van der Waals surface area (Å²) in [6, 6.07) is 7.01. The van der Waals surface area contributed by atoms with E-state index in [-0.39, 0.29) is 23.8 Å². The summed E-state index contributed by atoms with van der Waals surface area (Å²) in [7, 11) is 1.60. The fourth-order valence-electron chi connectivity index (χ4n) is 2.69. The fraction of sp³-hybridized carbons (Fsp3) is 0.467. The van der Waals surface area contributed by atoms with Crippen LogP contribution in [0.25, 0.3) is 0 Å². The average molecular weight is 275 g/mol. The van der Waals surface area contributed by atoms with Crippen molar-refractivity contribution >= 4 is 17.5 Å². The first-order valence-electron chi connectivity index (χ1n) is 6.92. The van der Waals surface area contributed by atoms with E-state index in [1.165, 1.54) is 0 Å². The molecule has 1 saturated heterocycles. The molecule has 3 N–H and O–H groups in total. The van der Waals surface area contributed by atoms with E-state index in [0.717, 1.165) is 18.4 Å². The maximum atomic E-state index is 12.6. The number of anilines is 1. The van der Waals surface area contributed by atoms with E-state index in [4.69, 9.17) is 5.73 Å². The third-order valence-electron chi connectivity index (χ3n) is 3.87. The van der Waals surface area contributed by atoms with Crippen molar-refractivity contribution in [3.8, 4) is 0 Å². The van der Waals surface area contributed by atoms with Gasteiger partial charge in [0, 0.05) is 19.3 Å². The number of hydrogen-bond donors (Lipinski definition) is 2. The average Bonchev–Trinajstić information content (AvgIpc) is 2.94. The molecule has 0 radical (unpaired) electrons. The minimum absolute atomic E-state index is 0.0123. The Balaban J connectivity index is 2.16. The van der Waals surface area contributed by atoms with Crippen LogP contribution in [-0.4, -0.2) is 36.3 Å². The summed E-state index contributed by atoms with van der Waals surface area (Å²) in [5.41, 5.74) is 7.29. The molecule has 2 amide bonds. The van der Waals surface area contributed by atoms with Crippen molar-refractivity contribution in [2.45, 2.75) is 31.7 Å². The molecule has 20 heavy (non-hydrogen) atoms. The molecule has 0 spiro atoms. The molecule has 1 aromatic rings. The molecular weight excluding hydrogens is 254 g/mol. The van der Waals surface area contributed by atoms with E-state index in [1.807, 2.05) is 25.1 Å². The van der Waals surface area contributed by atoms with Gasteiger partial charge in [0.2, 0.25) is 11.8 Å². The van der Waals surface area contributed by atoms with Crippen molar-refractivity contribution in [1.29, 1.82) is 0 Å². The first-order valence-corrected chi connectivity index (χ1v) is 6.92. The highest BCUT2D eigenvalue weighted by Gasteiger charge is 2.35. The Hall–Kier alpha value is -2.04. The summed E-state index contributed by atoms with van der Waals surface area (Å²) >= 11 is 0. The minimum atomic E-state index is -0.337. The molecule has 108 valence electrons. The van der Waals surface area contributed by atoms with Gasteiger partial charge in [0.25, 0.3) is 0 Å². The van der Waals surface area contributed by atoms with Crippen molar-refractivity contribution in [3.05, 3.63) is 29.8 Å². The number of benzene rings is 1. The van der Waals surface area contributed by atoms with Gasteiger partial charge in [0.05, 0.1) is 5.92 Å². The van der Waals surface area contributed by atoms with Crippen LogP contribution < -0.4 is 11.1 Å². The summed E-state index contributed by atoms with van der Waals surface area (Å²) in [6.07, 6.45) is 1.60. The third kappa shape index (κ3) is 2.76. The SMILES string of the molecule is CNC(=O)C1CCCN1C(=O)C(C)c1cccc(N)c1. The van der Waals surface area contributed by atoms with E-state index in [9.17, 15) is 9.59 Å². The van der Waals surface area contributed by atoms with Crippen molar-refractivity contribution in [2.75, 3.05) is 19.3 Å². The quantitative estimate of drug-likeness (QED) is 0.811. The minimum Gasteiger partial charge on any atom is -0.399 e. The first-order chi connectivity index (χ1) is 9.54. The normalized spacial score (nSPS) is 19.7. The molecule has 2 atom stereocenters. The van der Waals surface area contributed by atoms with Crippen molar-refractivity contribution < 1.29 is 9.59 Å². The van der Waals surface area contributed by atoms with E-state index in [2.05, 4.69) is 5.32 Å². The first kappa shape index (κ1) is 14.4. The van der Waals surface area contributed by atoms with E-state index in [1.54, 1.807) is 18.0 Å². The van der Waals surface area contributed by atoms with Crippen LogP contribution in [0.2, 0.25) is 0 Å². The second kappa shape index (κ2) is 5.94. The zero-order valence-electron chi connectivity index (χ0n) is 11.9. The second-order valence-electron chi connectivity index (χ2n) is 5.20. The van der Waals surface area contributed by atoms with Crippen LogP contribution in [0.15, 0.2) is 24.3 Å². The van der Waals surface area contributed by atoms with Gasteiger partial charge in [0.15, 0.2) is 0 Å². The Kier molecular flexibility index (Phi) is 4.27. The van der Waals surface area contributed by atoms with Crippen LogP contribution in [-0.2, 0) is 9.59 Å². The number of carbonyl (C=O) groups excluding carboxylic acids is 2. The number of nitrogens with one attached hydrogen (secondary N) is 1. The van der Waals surface area contributed by atoms with Crippen LogP contribution in [0.1, 0.15) is 31.2 Å². The van der Waals surface area contributed by atoms with Gasteiger partial charge < -0.3 is 16.0 Å². The molecule has 2 unspecified atom stereocenters. The van der Waals surface area contributed by atoms with E-state index >= 15 is 0 Å². The number of likely N-dealkylation sites (N-methyl/N-ethyl adjacent to an activating group) is 1. The Morgan fingerprint density at radius 1 is 1.45 bits per heavy atom. The van der Waals surface area contributed by atoms with Gasteiger partial charge in [-0.15, -0.1) is 0 Å². The smallest absolute Gasteiger partial charge is 0.242 e. The molecule has 0 saturated carbocycles. The van der Waals surface area contributed by atoms with Gasteiger partial charge >= 0.3 is 0 Å². The lowest BCUT2D eigenvalue weighted by atomic mass is 9.98. The number of rotatable bonds is 3. The highest BCUT2D eigenvalue weighted by molar-refractivity contribution is 5.91. The van der Waals surface area contributed by atoms with Crippen LogP contribution in [0.4, 0.5) is 5.69 Å². The number of nitrogens with two attached hydrogens (primary N) is 1. The van der Waals surface area contributed by atoms with Crippen molar-refractivity contribution in [2.24, 2.45) is 0 Å². The lowest BCUT2D eigenvalue weighted by molar-refractivity contribution is -0.139. The highest BCUT2D eigenvalue weighted by Crippen LogP contribution is 2.25. The lowest BCUT2D eigenvalue weighted by Gasteiger charge is -2.26. The summed E-state index contributed by atoms with van der Waals surface area (Å²) in [5, 5.41) is 2.63. The van der Waals surface area contributed by atoms with Gasteiger partial charge in [-0.2, -0.15) is 0 Å². The lowest BCUT2D eigenvalue weighted by Crippen LogP contribution is -2.46. The zero-order chi connectivity index (χ0) is 14.7. The van der Waals surface area contributed by atoms with E-state index in [0.29, 0.717) is 12.2 Å². The van der Waals surface area contributed by atoms with Gasteiger partial charge in [-0.25, -0.2) is 0 Å². The van der Waals surface area contributed by atoms with Crippen LogP contribution in [0.5, 0.6) is 0 Å². The molecule has 5 nitrogen and oxygen atoms in total. The molecular formula is C15H21N3O2. The van der Waals surface area contributed by atoms with Gasteiger partial charge in [-0.1, -0.05) is 12.1 Å². The number of hydrogen-bond acceptors (Lipinski definition) is 3. The Bertz CT molecular complexity index is 516. The predicted octanol–water partition coefficient (Wildman–Crippen LogP) is 1.11. The largest absolute Gasteiger partial charge is 0.399 e. The van der Waals surface area contributed by atoms with Crippen LogP contribution >= 0.6 is 0 Å². The Morgan fingerprint density at radius 3 is 2.85 bits per heavy atom. The molecule has 1 aromatic carbocycles. The molecule has 0 bridgehead atoms. The second-order valence-corrected chi connectivity index (χ2v) is 5.20. The third-order valence-corrected chi connectivity index (χ3v) is 3.87. The molecule has 1 aliphatic heterocycles. The summed E-state index contributed by atoms with van der Waals surface area (Å²) < 4.78 is 0. The fourth-order valence-corrected chi connectivity index (χ4v) is 2.69. The molecule has 0 aliphatic carbocycles.